The number of carbonyl (C=O) groups excluding carboxylic acids is 3. The summed E-state index contributed by atoms with van der Waals surface area (Å²) >= 11 is 0. The Bertz CT molecular complexity index is 1410. The topological polar surface area (TPSA) is 78.9 Å². The third-order valence-corrected chi connectivity index (χ3v) is 7.08. The maximum atomic E-state index is 13.0. The minimum atomic E-state index is -4.53. The van der Waals surface area contributed by atoms with Crippen LogP contribution in [0.25, 0.3) is 11.1 Å². The Balaban J connectivity index is 1.23. The van der Waals surface area contributed by atoms with Gasteiger partial charge in [-0.05, 0) is 47.5 Å². The van der Waals surface area contributed by atoms with E-state index in [1.54, 1.807) is 18.2 Å². The van der Waals surface area contributed by atoms with Crippen molar-refractivity contribution < 1.29 is 41.8 Å². The molecule has 1 aliphatic heterocycles. The van der Waals surface area contributed by atoms with Crippen LogP contribution in [0, 0.1) is 11.8 Å². The van der Waals surface area contributed by atoms with Crippen LogP contribution in [0.4, 0.5) is 13.2 Å². The molecule has 2 aliphatic rings. The molecule has 1 heterocycles. The number of rotatable bonds is 8. The minimum Gasteiger partial charge on any atom is -0.485 e. The van der Waals surface area contributed by atoms with E-state index in [0.29, 0.717) is 12.0 Å². The van der Waals surface area contributed by atoms with Crippen LogP contribution in [0.3, 0.4) is 0 Å². The monoisotopic (exact) mass is 550 g/mol. The van der Waals surface area contributed by atoms with Crippen molar-refractivity contribution in [2.45, 2.75) is 31.2 Å². The summed E-state index contributed by atoms with van der Waals surface area (Å²) < 4.78 is 55.2. The summed E-state index contributed by atoms with van der Waals surface area (Å²) in [5.41, 5.74) is 1.45. The SMILES string of the molecule is O=C(/C=C/[C@H]1[C@H]2CC(=O)O[C@@H]2C[C@H]1OC(=O)c1ccc(-c2ccccc2)cc1)COc1cccc(C(F)(F)F)c1. The van der Waals surface area contributed by atoms with Gasteiger partial charge in [-0.15, -0.1) is 0 Å². The number of hydrogen-bond donors (Lipinski definition) is 0. The van der Waals surface area contributed by atoms with E-state index in [2.05, 4.69) is 0 Å². The van der Waals surface area contributed by atoms with Gasteiger partial charge in [0.25, 0.3) is 0 Å². The van der Waals surface area contributed by atoms with Gasteiger partial charge >= 0.3 is 18.1 Å². The van der Waals surface area contributed by atoms with E-state index in [9.17, 15) is 27.6 Å². The van der Waals surface area contributed by atoms with Gasteiger partial charge < -0.3 is 14.2 Å². The zero-order chi connectivity index (χ0) is 28.3. The van der Waals surface area contributed by atoms with Crippen molar-refractivity contribution in [2.24, 2.45) is 11.8 Å². The molecule has 0 bridgehead atoms. The summed E-state index contributed by atoms with van der Waals surface area (Å²) in [6, 6.07) is 21.0. The van der Waals surface area contributed by atoms with E-state index < -0.39 is 48.2 Å². The molecule has 0 N–H and O–H groups in total. The average Bonchev–Trinajstić information content (AvgIpc) is 3.46. The zero-order valence-corrected chi connectivity index (χ0v) is 21.2. The molecule has 1 saturated heterocycles. The van der Waals surface area contributed by atoms with E-state index in [1.807, 2.05) is 42.5 Å². The van der Waals surface area contributed by atoms with Crippen LogP contribution < -0.4 is 4.74 Å². The number of esters is 2. The highest BCUT2D eigenvalue weighted by Gasteiger charge is 2.50. The molecule has 0 spiro atoms. The summed E-state index contributed by atoms with van der Waals surface area (Å²) in [5.74, 6) is -2.19. The Morgan fingerprint density at radius 1 is 0.950 bits per heavy atom. The van der Waals surface area contributed by atoms with Gasteiger partial charge in [0.05, 0.1) is 17.5 Å². The van der Waals surface area contributed by atoms with Gasteiger partial charge in [0, 0.05) is 18.3 Å². The van der Waals surface area contributed by atoms with Crippen LogP contribution in [0.5, 0.6) is 5.75 Å². The zero-order valence-electron chi connectivity index (χ0n) is 21.2. The summed E-state index contributed by atoms with van der Waals surface area (Å²) in [6.45, 7) is -0.480. The molecule has 2 fully saturated rings. The second-order valence-electron chi connectivity index (χ2n) is 9.74. The van der Waals surface area contributed by atoms with E-state index in [0.717, 1.165) is 23.3 Å². The molecule has 5 rings (SSSR count). The van der Waals surface area contributed by atoms with Gasteiger partial charge in [-0.2, -0.15) is 13.2 Å². The van der Waals surface area contributed by atoms with Crippen LogP contribution in [-0.2, 0) is 25.2 Å². The maximum absolute atomic E-state index is 13.0. The van der Waals surface area contributed by atoms with Crippen molar-refractivity contribution in [1.29, 1.82) is 0 Å². The van der Waals surface area contributed by atoms with Crippen LogP contribution in [0.2, 0.25) is 0 Å². The van der Waals surface area contributed by atoms with Gasteiger partial charge in [-0.1, -0.05) is 54.6 Å². The van der Waals surface area contributed by atoms with Crippen molar-refractivity contribution in [3.8, 4) is 16.9 Å². The molecule has 4 atom stereocenters. The molecule has 0 unspecified atom stereocenters. The summed E-state index contributed by atoms with van der Waals surface area (Å²) in [4.78, 5) is 37.3. The molecule has 0 radical (unpaired) electrons. The molecule has 0 aromatic heterocycles. The second kappa shape index (κ2) is 11.4. The fraction of sp³-hybridized carbons (Fsp3) is 0.258. The predicted octanol–water partition coefficient (Wildman–Crippen LogP) is 6.05. The molecule has 3 aromatic rings. The molecule has 1 saturated carbocycles. The summed E-state index contributed by atoms with van der Waals surface area (Å²) in [6.07, 6.45) is -2.34. The first-order chi connectivity index (χ1) is 19.2. The van der Waals surface area contributed by atoms with Gasteiger partial charge in [0.2, 0.25) is 0 Å². The van der Waals surface area contributed by atoms with Gasteiger partial charge in [-0.3, -0.25) is 9.59 Å². The highest BCUT2D eigenvalue weighted by Crippen LogP contribution is 2.43. The lowest BCUT2D eigenvalue weighted by Gasteiger charge is -2.20. The molecule has 206 valence electrons. The summed E-state index contributed by atoms with van der Waals surface area (Å²) in [7, 11) is 0. The van der Waals surface area contributed by atoms with Gasteiger partial charge in [0.15, 0.2) is 12.4 Å². The summed E-state index contributed by atoms with van der Waals surface area (Å²) in [5, 5.41) is 0. The first-order valence-corrected chi connectivity index (χ1v) is 12.7. The van der Waals surface area contributed by atoms with Gasteiger partial charge in [-0.25, -0.2) is 4.79 Å². The van der Waals surface area contributed by atoms with Crippen LogP contribution >= 0.6 is 0 Å². The fourth-order valence-electron chi connectivity index (χ4n) is 5.11. The second-order valence-corrected chi connectivity index (χ2v) is 9.74. The third kappa shape index (κ3) is 6.25. The maximum Gasteiger partial charge on any atom is 0.416 e. The number of benzene rings is 3. The lowest BCUT2D eigenvalue weighted by Crippen LogP contribution is -2.25. The molecular formula is C31H25F3O6. The van der Waals surface area contributed by atoms with E-state index in [4.69, 9.17) is 14.2 Å². The van der Waals surface area contributed by atoms with Crippen molar-refractivity contribution in [3.05, 3.63) is 102 Å². The quantitative estimate of drug-likeness (QED) is 0.251. The van der Waals surface area contributed by atoms with Crippen molar-refractivity contribution in [3.63, 3.8) is 0 Å². The van der Waals surface area contributed by atoms with E-state index >= 15 is 0 Å². The Morgan fingerprint density at radius 3 is 2.40 bits per heavy atom. The standard InChI is InChI=1S/C31H25F3O6/c32-31(33,34)22-7-4-8-24(15-22)38-18-23(35)13-14-25-26-16-29(36)39-28(26)17-27(25)40-30(37)21-11-9-20(10-12-21)19-5-2-1-3-6-19/h1-15,25-28H,16-18H2/b14-13+/t25-,26+,27+,28+/m0/s1. The van der Waals surface area contributed by atoms with Crippen LogP contribution in [0.15, 0.2) is 91.0 Å². The number of halogens is 3. The number of fused-ring (bicyclic) bond motifs is 1. The van der Waals surface area contributed by atoms with E-state index in [1.165, 1.54) is 18.2 Å². The largest absolute Gasteiger partial charge is 0.485 e. The normalized spacial score (nSPS) is 22.1. The molecule has 40 heavy (non-hydrogen) atoms. The molecular weight excluding hydrogens is 525 g/mol. The molecule has 6 nitrogen and oxygen atoms in total. The van der Waals surface area contributed by atoms with Gasteiger partial charge in [0.1, 0.15) is 18.0 Å². The van der Waals surface area contributed by atoms with Crippen molar-refractivity contribution in [2.75, 3.05) is 6.61 Å². The van der Waals surface area contributed by atoms with Crippen LogP contribution in [-0.4, -0.2) is 36.5 Å². The molecule has 3 aromatic carbocycles. The number of ketones is 1. The Hall–Kier alpha value is -4.40. The first-order valence-electron chi connectivity index (χ1n) is 12.7. The molecule has 9 heteroatoms. The fourth-order valence-corrected chi connectivity index (χ4v) is 5.11. The lowest BCUT2D eigenvalue weighted by molar-refractivity contribution is -0.142. The van der Waals surface area contributed by atoms with Crippen molar-refractivity contribution in [1.82, 2.24) is 0 Å². The van der Waals surface area contributed by atoms with E-state index in [-0.39, 0.29) is 24.1 Å². The highest BCUT2D eigenvalue weighted by molar-refractivity contribution is 5.91. The highest BCUT2D eigenvalue weighted by atomic mass is 19.4. The minimum absolute atomic E-state index is 0.0858. The smallest absolute Gasteiger partial charge is 0.416 e. The first kappa shape index (κ1) is 27.2. The van der Waals surface area contributed by atoms with Crippen LogP contribution in [0.1, 0.15) is 28.8 Å². The number of ether oxygens (including phenoxy) is 3. The third-order valence-electron chi connectivity index (χ3n) is 7.08. The molecule has 0 amide bonds. The Kier molecular flexibility index (Phi) is 7.73. The number of carbonyl (C=O) groups is 3. The number of alkyl halides is 3. The lowest BCUT2D eigenvalue weighted by atomic mass is 9.91. The number of hydrogen-bond acceptors (Lipinski definition) is 6. The molecule has 1 aliphatic carbocycles. The Morgan fingerprint density at radius 2 is 1.68 bits per heavy atom. The van der Waals surface area contributed by atoms with Crippen molar-refractivity contribution >= 4 is 17.7 Å². The predicted molar refractivity (Wildman–Crippen MR) is 138 cm³/mol. The average molecular weight is 551 g/mol. The Labute approximate surface area is 228 Å².